The SMILES string of the molecule is C[C@@]1(c2cc(N)ccc2F)Cn2nc(C(F)F)cc2C(N)=N1. The van der Waals surface area contributed by atoms with Crippen LogP contribution < -0.4 is 11.5 Å². The summed E-state index contributed by atoms with van der Waals surface area (Å²) in [5, 5.41) is 3.83. The van der Waals surface area contributed by atoms with Gasteiger partial charge in [0.2, 0.25) is 0 Å². The lowest BCUT2D eigenvalue weighted by Crippen LogP contribution is -2.37. The molecule has 116 valence electrons. The number of nitrogens with zero attached hydrogens (tertiary/aromatic N) is 3. The van der Waals surface area contributed by atoms with E-state index in [-0.39, 0.29) is 23.6 Å². The van der Waals surface area contributed by atoms with Crippen LogP contribution in [-0.2, 0) is 12.1 Å². The highest BCUT2D eigenvalue weighted by molar-refractivity contribution is 5.97. The van der Waals surface area contributed by atoms with Gasteiger partial charge in [-0.2, -0.15) is 5.10 Å². The normalized spacial score (nSPS) is 20.9. The van der Waals surface area contributed by atoms with Crippen LogP contribution in [0.25, 0.3) is 0 Å². The lowest BCUT2D eigenvalue weighted by atomic mass is 9.90. The van der Waals surface area contributed by atoms with Crippen LogP contribution in [0.2, 0.25) is 0 Å². The fraction of sp³-hybridized carbons (Fsp3) is 0.286. The van der Waals surface area contributed by atoms with E-state index in [9.17, 15) is 13.2 Å². The van der Waals surface area contributed by atoms with Gasteiger partial charge in [-0.25, -0.2) is 13.2 Å². The first-order chi connectivity index (χ1) is 10.3. The van der Waals surface area contributed by atoms with E-state index in [0.717, 1.165) is 0 Å². The van der Waals surface area contributed by atoms with E-state index in [1.54, 1.807) is 6.92 Å². The van der Waals surface area contributed by atoms with Crippen molar-refractivity contribution in [1.82, 2.24) is 9.78 Å². The smallest absolute Gasteiger partial charge is 0.282 e. The zero-order valence-electron chi connectivity index (χ0n) is 11.7. The maximum Gasteiger partial charge on any atom is 0.282 e. The number of benzene rings is 1. The van der Waals surface area contributed by atoms with Gasteiger partial charge in [-0.05, 0) is 31.2 Å². The van der Waals surface area contributed by atoms with E-state index < -0.39 is 17.8 Å². The van der Waals surface area contributed by atoms with E-state index in [4.69, 9.17) is 11.5 Å². The van der Waals surface area contributed by atoms with Gasteiger partial charge < -0.3 is 11.5 Å². The van der Waals surface area contributed by atoms with Gasteiger partial charge in [0.15, 0.2) is 0 Å². The Hall–Kier alpha value is -2.51. The maximum absolute atomic E-state index is 14.1. The summed E-state index contributed by atoms with van der Waals surface area (Å²) in [5.41, 5.74) is 11.0. The molecule has 1 atom stereocenters. The number of nitrogens with two attached hydrogens (primary N) is 2. The van der Waals surface area contributed by atoms with Crippen molar-refractivity contribution < 1.29 is 13.2 Å². The molecule has 3 rings (SSSR count). The first-order valence-electron chi connectivity index (χ1n) is 6.57. The van der Waals surface area contributed by atoms with E-state index in [1.807, 2.05) is 0 Å². The number of alkyl halides is 2. The van der Waals surface area contributed by atoms with Crippen LogP contribution in [0.5, 0.6) is 0 Å². The highest BCUT2D eigenvalue weighted by Gasteiger charge is 2.36. The molecule has 1 aliphatic heterocycles. The number of aromatic nitrogens is 2. The summed E-state index contributed by atoms with van der Waals surface area (Å²) >= 11 is 0. The summed E-state index contributed by atoms with van der Waals surface area (Å²) in [6.45, 7) is 1.75. The van der Waals surface area contributed by atoms with Crippen LogP contribution in [-0.4, -0.2) is 15.6 Å². The number of anilines is 1. The third-order valence-electron chi connectivity index (χ3n) is 3.68. The molecule has 0 fully saturated rings. The molecule has 8 heteroatoms. The second-order valence-electron chi connectivity index (χ2n) is 5.42. The van der Waals surface area contributed by atoms with Gasteiger partial charge in [-0.3, -0.25) is 9.67 Å². The van der Waals surface area contributed by atoms with E-state index in [0.29, 0.717) is 11.4 Å². The van der Waals surface area contributed by atoms with Crippen LogP contribution in [0.4, 0.5) is 18.9 Å². The Morgan fingerprint density at radius 2 is 2.00 bits per heavy atom. The Labute approximate surface area is 124 Å². The van der Waals surface area contributed by atoms with Crippen molar-refractivity contribution in [3.8, 4) is 0 Å². The molecule has 0 unspecified atom stereocenters. The number of fused-ring (bicyclic) bond motifs is 1. The van der Waals surface area contributed by atoms with Crippen LogP contribution in [0.1, 0.15) is 30.3 Å². The molecule has 1 aliphatic rings. The maximum atomic E-state index is 14.1. The van der Waals surface area contributed by atoms with Gasteiger partial charge in [0.1, 0.15) is 28.6 Å². The molecule has 0 spiro atoms. The van der Waals surface area contributed by atoms with E-state index in [1.165, 1.54) is 28.9 Å². The van der Waals surface area contributed by atoms with Gasteiger partial charge >= 0.3 is 0 Å². The Kier molecular flexibility index (Phi) is 3.12. The summed E-state index contributed by atoms with van der Waals surface area (Å²) in [7, 11) is 0. The highest BCUT2D eigenvalue weighted by atomic mass is 19.3. The molecule has 4 N–H and O–H groups in total. The molecular formula is C14H14F3N5. The second-order valence-corrected chi connectivity index (χ2v) is 5.42. The largest absolute Gasteiger partial charge is 0.399 e. The van der Waals surface area contributed by atoms with Gasteiger partial charge in [0, 0.05) is 11.3 Å². The van der Waals surface area contributed by atoms with Crippen LogP contribution >= 0.6 is 0 Å². The fourth-order valence-corrected chi connectivity index (χ4v) is 2.62. The molecule has 2 heterocycles. The van der Waals surface area contributed by atoms with Crippen LogP contribution in [0, 0.1) is 5.82 Å². The summed E-state index contributed by atoms with van der Waals surface area (Å²) in [6.07, 6.45) is -2.71. The Bertz CT molecular complexity index is 768. The number of halogens is 3. The van der Waals surface area contributed by atoms with Crippen molar-refractivity contribution in [3.05, 3.63) is 47.0 Å². The first kappa shape index (κ1) is 14.4. The first-order valence-corrected chi connectivity index (χ1v) is 6.57. The van der Waals surface area contributed by atoms with Crippen molar-refractivity contribution >= 4 is 11.5 Å². The molecule has 22 heavy (non-hydrogen) atoms. The minimum Gasteiger partial charge on any atom is -0.399 e. The average Bonchev–Trinajstić information content (AvgIpc) is 2.85. The predicted octanol–water partition coefficient (Wildman–Crippen LogP) is 2.18. The highest BCUT2D eigenvalue weighted by Crippen LogP contribution is 2.34. The topological polar surface area (TPSA) is 82.2 Å². The molecule has 0 amide bonds. The van der Waals surface area contributed by atoms with Crippen LogP contribution in [0.3, 0.4) is 0 Å². The minimum absolute atomic E-state index is 0.0370. The Balaban J connectivity index is 2.10. The molecule has 0 bridgehead atoms. The number of hydrogen-bond acceptors (Lipinski definition) is 4. The number of aliphatic imine (C=N–C) groups is 1. The minimum atomic E-state index is -2.71. The molecule has 0 saturated heterocycles. The summed E-state index contributed by atoms with van der Waals surface area (Å²) in [4.78, 5) is 4.29. The number of hydrogen-bond donors (Lipinski definition) is 2. The Morgan fingerprint density at radius 1 is 1.27 bits per heavy atom. The summed E-state index contributed by atoms with van der Waals surface area (Å²) in [5.74, 6) is -0.451. The lowest BCUT2D eigenvalue weighted by Gasteiger charge is -2.31. The molecule has 2 aromatic rings. The number of amidine groups is 1. The van der Waals surface area contributed by atoms with Gasteiger partial charge in [0.25, 0.3) is 6.43 Å². The predicted molar refractivity (Wildman–Crippen MR) is 76.1 cm³/mol. The van der Waals surface area contributed by atoms with Gasteiger partial charge in [0.05, 0.1) is 6.54 Å². The lowest BCUT2D eigenvalue weighted by molar-refractivity contribution is 0.144. The third-order valence-corrected chi connectivity index (χ3v) is 3.68. The quantitative estimate of drug-likeness (QED) is 0.834. The number of nitrogen functional groups attached to an aromatic ring is 1. The van der Waals surface area contributed by atoms with Gasteiger partial charge in [-0.15, -0.1) is 0 Å². The van der Waals surface area contributed by atoms with Crippen molar-refractivity contribution in [2.75, 3.05) is 5.73 Å². The van der Waals surface area contributed by atoms with Crippen molar-refractivity contribution in [1.29, 1.82) is 0 Å². The molecule has 1 aromatic carbocycles. The van der Waals surface area contributed by atoms with E-state index >= 15 is 0 Å². The molecule has 5 nitrogen and oxygen atoms in total. The van der Waals surface area contributed by atoms with Crippen LogP contribution in [0.15, 0.2) is 29.3 Å². The number of rotatable bonds is 2. The summed E-state index contributed by atoms with van der Waals surface area (Å²) in [6, 6.07) is 5.34. The third kappa shape index (κ3) is 2.20. The van der Waals surface area contributed by atoms with Crippen molar-refractivity contribution in [3.63, 3.8) is 0 Å². The molecule has 0 aliphatic carbocycles. The fourth-order valence-electron chi connectivity index (χ4n) is 2.62. The van der Waals surface area contributed by atoms with E-state index in [2.05, 4.69) is 10.1 Å². The molecule has 1 aromatic heterocycles. The summed E-state index contributed by atoms with van der Waals surface area (Å²) < 4.78 is 41.0. The average molecular weight is 309 g/mol. The monoisotopic (exact) mass is 309 g/mol. The zero-order chi connectivity index (χ0) is 16.1. The Morgan fingerprint density at radius 3 is 2.68 bits per heavy atom. The molecular weight excluding hydrogens is 295 g/mol. The second kappa shape index (κ2) is 4.75. The molecule has 0 radical (unpaired) electrons. The molecule has 0 saturated carbocycles. The van der Waals surface area contributed by atoms with Gasteiger partial charge in [-0.1, -0.05) is 0 Å². The zero-order valence-corrected chi connectivity index (χ0v) is 11.7. The van der Waals surface area contributed by atoms with Crippen molar-refractivity contribution in [2.24, 2.45) is 10.7 Å². The van der Waals surface area contributed by atoms with Crippen molar-refractivity contribution in [2.45, 2.75) is 25.4 Å². The standard InChI is InChI=1S/C14H14F3N5/c1-14(8-4-7(18)2-3-9(8)15)6-22-11(13(19)20-14)5-10(21-22)12(16)17/h2-5,12H,6,18H2,1H3,(H2,19,20)/t14-/m0/s1.